The van der Waals surface area contributed by atoms with Crippen LogP contribution in [-0.4, -0.2) is 28.3 Å². The summed E-state index contributed by atoms with van der Waals surface area (Å²) in [6.45, 7) is -0.503. The summed E-state index contributed by atoms with van der Waals surface area (Å²) >= 11 is 6.02. The SMILES string of the molecule is NC(=O)c1cc2cc(Cl)ccc2cc1OCC(=O)c1c(F)[nH]c2cc(Oc3cccnc3)ccc12. The number of aromatic amines is 1. The van der Waals surface area contributed by atoms with E-state index in [-0.39, 0.29) is 16.9 Å². The normalized spacial score (nSPS) is 11.0. The minimum absolute atomic E-state index is 0.0872. The third-order valence-corrected chi connectivity index (χ3v) is 5.63. The van der Waals surface area contributed by atoms with Crippen LogP contribution in [0.1, 0.15) is 20.7 Å². The van der Waals surface area contributed by atoms with Gasteiger partial charge < -0.3 is 20.2 Å². The molecule has 0 unspecified atom stereocenters. The number of halogens is 2. The lowest BCUT2D eigenvalue weighted by Crippen LogP contribution is -2.17. The Balaban J connectivity index is 1.40. The van der Waals surface area contributed by atoms with E-state index in [9.17, 15) is 14.0 Å². The number of fused-ring (bicyclic) bond motifs is 2. The lowest BCUT2D eigenvalue weighted by Gasteiger charge is -2.11. The van der Waals surface area contributed by atoms with Crippen LogP contribution >= 0.6 is 11.6 Å². The third-order valence-electron chi connectivity index (χ3n) is 5.40. The number of H-pyrrole nitrogens is 1. The van der Waals surface area contributed by atoms with Crippen molar-refractivity contribution in [2.45, 2.75) is 0 Å². The molecule has 0 aliphatic heterocycles. The van der Waals surface area contributed by atoms with Crippen LogP contribution in [-0.2, 0) is 0 Å². The Labute approximate surface area is 203 Å². The Morgan fingerprint density at radius 2 is 1.89 bits per heavy atom. The van der Waals surface area contributed by atoms with Crippen molar-refractivity contribution in [2.75, 3.05) is 6.61 Å². The molecule has 2 aromatic heterocycles. The molecule has 5 rings (SSSR count). The number of Topliss-reactive ketones (excluding diaryl/α,β-unsaturated/α-hetero) is 1. The summed E-state index contributed by atoms with van der Waals surface area (Å²) in [7, 11) is 0. The highest BCUT2D eigenvalue weighted by molar-refractivity contribution is 6.31. The van der Waals surface area contributed by atoms with Crippen LogP contribution in [0.15, 0.2) is 73.1 Å². The van der Waals surface area contributed by atoms with Crippen LogP contribution in [0, 0.1) is 5.95 Å². The molecular weight excluding hydrogens is 473 g/mol. The van der Waals surface area contributed by atoms with Crippen LogP contribution in [0.25, 0.3) is 21.7 Å². The van der Waals surface area contributed by atoms with Crippen LogP contribution in [0.3, 0.4) is 0 Å². The zero-order valence-corrected chi connectivity index (χ0v) is 18.8. The van der Waals surface area contributed by atoms with Gasteiger partial charge in [-0.25, -0.2) is 0 Å². The monoisotopic (exact) mass is 489 g/mol. The first-order valence-corrected chi connectivity index (χ1v) is 10.8. The number of hydrogen-bond acceptors (Lipinski definition) is 5. The number of primary amides is 1. The molecule has 1 amide bonds. The fraction of sp³-hybridized carbons (Fsp3) is 0.0385. The first-order chi connectivity index (χ1) is 16.9. The van der Waals surface area contributed by atoms with Crippen LogP contribution in [0.4, 0.5) is 4.39 Å². The molecule has 2 heterocycles. The van der Waals surface area contributed by atoms with Crippen molar-refractivity contribution in [2.24, 2.45) is 5.73 Å². The number of carbonyl (C=O) groups excluding carboxylic acids is 2. The van der Waals surface area contributed by atoms with E-state index < -0.39 is 24.2 Å². The molecule has 0 spiro atoms. The maximum atomic E-state index is 14.7. The summed E-state index contributed by atoms with van der Waals surface area (Å²) in [6, 6.07) is 16.5. The van der Waals surface area contributed by atoms with E-state index in [1.165, 1.54) is 0 Å². The standard InChI is InChI=1S/C26H17ClFN3O4/c27-16-4-3-14-10-23(20(26(29)33)9-15(14)8-16)34-13-22(32)24-19-6-5-17(11-21(19)31-25(24)28)35-18-2-1-7-30-12-18/h1-12,31H,13H2,(H2,29,33). The number of ether oxygens (including phenoxy) is 2. The number of benzene rings is 3. The van der Waals surface area contributed by atoms with Gasteiger partial charge in [0.15, 0.2) is 6.61 Å². The second-order valence-corrected chi connectivity index (χ2v) is 8.16. The van der Waals surface area contributed by atoms with Gasteiger partial charge in [-0.2, -0.15) is 4.39 Å². The van der Waals surface area contributed by atoms with Crippen LogP contribution in [0.5, 0.6) is 17.2 Å². The topological polar surface area (TPSA) is 107 Å². The van der Waals surface area contributed by atoms with Gasteiger partial charge in [0.25, 0.3) is 5.91 Å². The molecule has 35 heavy (non-hydrogen) atoms. The predicted molar refractivity (Wildman–Crippen MR) is 130 cm³/mol. The van der Waals surface area contributed by atoms with E-state index in [2.05, 4.69) is 9.97 Å². The molecule has 9 heteroatoms. The number of nitrogens with two attached hydrogens (primary N) is 1. The Morgan fingerprint density at radius 3 is 2.66 bits per heavy atom. The average Bonchev–Trinajstić information content (AvgIpc) is 3.17. The minimum atomic E-state index is -0.796. The number of rotatable bonds is 7. The molecule has 0 atom stereocenters. The van der Waals surface area contributed by atoms with Crippen molar-refractivity contribution in [3.63, 3.8) is 0 Å². The third kappa shape index (κ3) is 4.51. The maximum absolute atomic E-state index is 14.7. The van der Waals surface area contributed by atoms with E-state index in [1.54, 1.807) is 73.1 Å². The Hall–Kier alpha value is -4.43. The van der Waals surface area contributed by atoms with Gasteiger partial charge in [-0.05, 0) is 59.3 Å². The second kappa shape index (κ2) is 9.08. The molecule has 0 saturated carbocycles. The van der Waals surface area contributed by atoms with Gasteiger partial charge in [0, 0.05) is 22.7 Å². The quantitative estimate of drug-likeness (QED) is 0.287. The van der Waals surface area contributed by atoms with Gasteiger partial charge in [-0.1, -0.05) is 17.7 Å². The highest BCUT2D eigenvalue weighted by Crippen LogP contribution is 2.30. The van der Waals surface area contributed by atoms with Gasteiger partial charge in [-0.3, -0.25) is 14.6 Å². The van der Waals surface area contributed by atoms with E-state index in [4.69, 9.17) is 26.8 Å². The summed E-state index contributed by atoms with van der Waals surface area (Å²) < 4.78 is 26.1. The number of aromatic nitrogens is 2. The summed E-state index contributed by atoms with van der Waals surface area (Å²) in [5.41, 5.74) is 5.81. The van der Waals surface area contributed by atoms with Crippen LogP contribution in [0.2, 0.25) is 5.02 Å². The summed E-state index contributed by atoms with van der Waals surface area (Å²) in [5.74, 6) is -1.05. The lowest BCUT2D eigenvalue weighted by molar-refractivity contribution is 0.0910. The second-order valence-electron chi connectivity index (χ2n) is 7.73. The summed E-state index contributed by atoms with van der Waals surface area (Å²) in [6.07, 6.45) is 3.17. The number of ketones is 1. The fourth-order valence-electron chi connectivity index (χ4n) is 3.80. The zero-order valence-electron chi connectivity index (χ0n) is 18.0. The van der Waals surface area contributed by atoms with E-state index >= 15 is 0 Å². The molecule has 7 nitrogen and oxygen atoms in total. The lowest BCUT2D eigenvalue weighted by atomic mass is 10.1. The molecule has 5 aromatic rings. The van der Waals surface area contributed by atoms with E-state index in [0.29, 0.717) is 32.8 Å². The summed E-state index contributed by atoms with van der Waals surface area (Å²) in [4.78, 5) is 31.4. The molecule has 0 bridgehead atoms. The van der Waals surface area contributed by atoms with E-state index in [0.717, 1.165) is 5.39 Å². The minimum Gasteiger partial charge on any atom is -0.485 e. The molecular formula is C26H17ClFN3O4. The molecule has 0 fully saturated rings. The number of hydrogen-bond donors (Lipinski definition) is 2. The number of nitrogens with zero attached hydrogens (tertiary/aromatic N) is 1. The fourth-order valence-corrected chi connectivity index (χ4v) is 3.98. The number of nitrogens with one attached hydrogen (secondary N) is 1. The van der Waals surface area contributed by atoms with Gasteiger partial charge in [-0.15, -0.1) is 0 Å². The Bertz CT molecular complexity index is 1600. The molecule has 0 aliphatic carbocycles. The highest BCUT2D eigenvalue weighted by atomic mass is 35.5. The van der Waals surface area contributed by atoms with Crippen molar-refractivity contribution in [3.8, 4) is 17.2 Å². The average molecular weight is 490 g/mol. The first kappa shape index (κ1) is 22.4. The van der Waals surface area contributed by atoms with Gasteiger partial charge in [0.1, 0.15) is 17.2 Å². The van der Waals surface area contributed by atoms with Crippen molar-refractivity contribution in [1.29, 1.82) is 0 Å². The molecule has 0 aliphatic rings. The van der Waals surface area contributed by atoms with Crippen molar-refractivity contribution >= 4 is 45.0 Å². The molecule has 174 valence electrons. The van der Waals surface area contributed by atoms with Gasteiger partial charge in [0.05, 0.1) is 22.8 Å². The largest absolute Gasteiger partial charge is 0.485 e. The Morgan fingerprint density at radius 1 is 1.03 bits per heavy atom. The maximum Gasteiger partial charge on any atom is 0.252 e. The molecule has 3 N–H and O–H groups in total. The first-order valence-electron chi connectivity index (χ1n) is 10.5. The smallest absolute Gasteiger partial charge is 0.252 e. The highest BCUT2D eigenvalue weighted by Gasteiger charge is 2.21. The number of pyridine rings is 1. The van der Waals surface area contributed by atoms with Crippen molar-refractivity contribution in [1.82, 2.24) is 9.97 Å². The van der Waals surface area contributed by atoms with Gasteiger partial charge >= 0.3 is 0 Å². The number of carbonyl (C=O) groups is 2. The molecule has 3 aromatic carbocycles. The van der Waals surface area contributed by atoms with Crippen molar-refractivity contribution in [3.05, 3.63) is 95.2 Å². The van der Waals surface area contributed by atoms with E-state index in [1.807, 2.05) is 0 Å². The van der Waals surface area contributed by atoms with Crippen LogP contribution < -0.4 is 15.2 Å². The van der Waals surface area contributed by atoms with Crippen molar-refractivity contribution < 1.29 is 23.5 Å². The summed E-state index contributed by atoms with van der Waals surface area (Å²) in [5, 5.41) is 2.30. The Kier molecular flexibility index (Phi) is 5.80. The number of amides is 1. The zero-order chi connectivity index (χ0) is 24.5. The molecule has 0 saturated heterocycles. The van der Waals surface area contributed by atoms with Gasteiger partial charge in [0.2, 0.25) is 11.7 Å². The molecule has 0 radical (unpaired) electrons. The predicted octanol–water partition coefficient (Wildman–Crippen LogP) is 5.66.